The number of thioether (sulfide) groups is 1. The molecule has 0 bridgehead atoms. The average molecular weight is 288 g/mol. The van der Waals surface area contributed by atoms with Crippen molar-refractivity contribution in [2.24, 2.45) is 0 Å². The molecule has 0 saturated heterocycles. The first-order valence-electron chi connectivity index (χ1n) is 6.27. The number of halogens is 1. The summed E-state index contributed by atoms with van der Waals surface area (Å²) in [5, 5.41) is 4.06. The molecule has 0 spiro atoms. The zero-order chi connectivity index (χ0) is 13.4. The van der Waals surface area contributed by atoms with E-state index in [1.807, 2.05) is 23.9 Å². The molecule has 0 atom stereocenters. The fraction of sp³-hybridized carbons (Fsp3) is 0.571. The largest absolute Gasteiger partial charge is 0.492 e. The molecule has 1 aromatic rings. The second-order valence-electron chi connectivity index (χ2n) is 4.50. The zero-order valence-corrected chi connectivity index (χ0v) is 12.9. The summed E-state index contributed by atoms with van der Waals surface area (Å²) in [6.07, 6.45) is 3.15. The van der Waals surface area contributed by atoms with E-state index in [9.17, 15) is 0 Å². The first-order chi connectivity index (χ1) is 8.63. The van der Waals surface area contributed by atoms with E-state index >= 15 is 0 Å². The Kier molecular flexibility index (Phi) is 7.56. The predicted octanol–water partition coefficient (Wildman–Crippen LogP) is 3.97. The molecule has 0 heterocycles. The molecule has 18 heavy (non-hydrogen) atoms. The van der Waals surface area contributed by atoms with Gasteiger partial charge in [-0.3, -0.25) is 0 Å². The molecule has 2 nitrogen and oxygen atoms in total. The van der Waals surface area contributed by atoms with E-state index in [1.54, 1.807) is 0 Å². The molecule has 0 unspecified atom stereocenters. The molecule has 0 aliphatic heterocycles. The Morgan fingerprint density at radius 3 is 2.78 bits per heavy atom. The summed E-state index contributed by atoms with van der Waals surface area (Å²) in [6.45, 7) is 5.82. The van der Waals surface area contributed by atoms with Crippen molar-refractivity contribution in [3.8, 4) is 5.75 Å². The standard InChI is InChI=1S/C14H22ClNOS/c1-11(2)16-10-12-5-6-14(13(15)9-12)17-7-4-8-18-3/h5-6,9,11,16H,4,7-8,10H2,1-3H3. The fourth-order valence-electron chi connectivity index (χ4n) is 1.48. The first-order valence-corrected chi connectivity index (χ1v) is 8.04. The molecule has 1 aromatic carbocycles. The predicted molar refractivity (Wildman–Crippen MR) is 81.9 cm³/mol. The van der Waals surface area contributed by atoms with Crippen LogP contribution in [0.25, 0.3) is 0 Å². The molecular weight excluding hydrogens is 266 g/mol. The zero-order valence-electron chi connectivity index (χ0n) is 11.3. The van der Waals surface area contributed by atoms with Gasteiger partial charge in [-0.05, 0) is 36.1 Å². The lowest BCUT2D eigenvalue weighted by molar-refractivity contribution is 0.319. The van der Waals surface area contributed by atoms with Crippen LogP contribution >= 0.6 is 23.4 Å². The van der Waals surface area contributed by atoms with E-state index in [4.69, 9.17) is 16.3 Å². The molecule has 4 heteroatoms. The Hall–Kier alpha value is -0.380. The minimum absolute atomic E-state index is 0.478. The van der Waals surface area contributed by atoms with Crippen LogP contribution in [0.15, 0.2) is 18.2 Å². The van der Waals surface area contributed by atoms with E-state index in [2.05, 4.69) is 31.5 Å². The normalized spacial score (nSPS) is 10.9. The van der Waals surface area contributed by atoms with Crippen LogP contribution in [0.1, 0.15) is 25.8 Å². The van der Waals surface area contributed by atoms with Crippen molar-refractivity contribution in [1.82, 2.24) is 5.32 Å². The number of hydrogen-bond donors (Lipinski definition) is 1. The summed E-state index contributed by atoms with van der Waals surface area (Å²) in [7, 11) is 0. The van der Waals surface area contributed by atoms with Crippen LogP contribution < -0.4 is 10.1 Å². The molecule has 0 saturated carbocycles. The lowest BCUT2D eigenvalue weighted by Crippen LogP contribution is -2.21. The molecule has 0 fully saturated rings. The highest BCUT2D eigenvalue weighted by Crippen LogP contribution is 2.25. The summed E-state index contributed by atoms with van der Waals surface area (Å²) in [5.41, 5.74) is 1.19. The van der Waals surface area contributed by atoms with Gasteiger partial charge in [0.15, 0.2) is 0 Å². The molecule has 0 aliphatic carbocycles. The summed E-state index contributed by atoms with van der Waals surface area (Å²) in [4.78, 5) is 0. The van der Waals surface area contributed by atoms with E-state index < -0.39 is 0 Å². The SMILES string of the molecule is CSCCCOc1ccc(CNC(C)C)cc1Cl. The lowest BCUT2D eigenvalue weighted by atomic mass is 10.2. The molecule has 102 valence electrons. The van der Waals surface area contributed by atoms with Crippen LogP contribution in [-0.2, 0) is 6.54 Å². The Morgan fingerprint density at radius 2 is 2.17 bits per heavy atom. The third-order valence-electron chi connectivity index (χ3n) is 2.46. The molecule has 0 amide bonds. The van der Waals surface area contributed by atoms with Gasteiger partial charge in [-0.25, -0.2) is 0 Å². The van der Waals surface area contributed by atoms with Crippen molar-refractivity contribution >= 4 is 23.4 Å². The smallest absolute Gasteiger partial charge is 0.137 e. The summed E-state index contributed by atoms with van der Waals surface area (Å²) >= 11 is 8.03. The molecular formula is C14H22ClNOS. The Labute approximate surface area is 119 Å². The number of benzene rings is 1. The first kappa shape index (κ1) is 15.7. The van der Waals surface area contributed by atoms with Gasteiger partial charge in [-0.2, -0.15) is 11.8 Å². The van der Waals surface area contributed by atoms with Gasteiger partial charge < -0.3 is 10.1 Å². The maximum Gasteiger partial charge on any atom is 0.137 e. The molecule has 0 aromatic heterocycles. The van der Waals surface area contributed by atoms with Gasteiger partial charge in [-0.15, -0.1) is 0 Å². The second-order valence-corrected chi connectivity index (χ2v) is 5.89. The van der Waals surface area contributed by atoms with Crippen molar-refractivity contribution in [3.63, 3.8) is 0 Å². The summed E-state index contributed by atoms with van der Waals surface area (Å²) in [5.74, 6) is 1.90. The highest BCUT2D eigenvalue weighted by molar-refractivity contribution is 7.98. The minimum atomic E-state index is 0.478. The topological polar surface area (TPSA) is 21.3 Å². The van der Waals surface area contributed by atoms with Gasteiger partial charge in [-0.1, -0.05) is 31.5 Å². The summed E-state index contributed by atoms with van der Waals surface area (Å²) in [6, 6.07) is 6.47. The van der Waals surface area contributed by atoms with E-state index in [1.165, 1.54) is 5.56 Å². The number of ether oxygens (including phenoxy) is 1. The van der Waals surface area contributed by atoms with Crippen LogP contribution in [0.2, 0.25) is 5.02 Å². The quantitative estimate of drug-likeness (QED) is 0.731. The van der Waals surface area contributed by atoms with Gasteiger partial charge in [0.2, 0.25) is 0 Å². The van der Waals surface area contributed by atoms with Crippen molar-refractivity contribution in [2.75, 3.05) is 18.6 Å². The third kappa shape index (κ3) is 5.98. The lowest BCUT2D eigenvalue weighted by Gasteiger charge is -2.11. The van der Waals surface area contributed by atoms with Gasteiger partial charge in [0, 0.05) is 12.6 Å². The minimum Gasteiger partial charge on any atom is -0.492 e. The van der Waals surface area contributed by atoms with Crippen molar-refractivity contribution < 1.29 is 4.74 Å². The maximum atomic E-state index is 6.20. The van der Waals surface area contributed by atoms with Crippen LogP contribution in [-0.4, -0.2) is 24.7 Å². The fourth-order valence-corrected chi connectivity index (χ4v) is 2.14. The van der Waals surface area contributed by atoms with Gasteiger partial charge in [0.05, 0.1) is 11.6 Å². The van der Waals surface area contributed by atoms with Crippen LogP contribution in [0.4, 0.5) is 0 Å². The Bertz CT molecular complexity index is 358. The van der Waals surface area contributed by atoms with E-state index in [0.29, 0.717) is 11.1 Å². The highest BCUT2D eigenvalue weighted by atomic mass is 35.5. The Balaban J connectivity index is 2.46. The summed E-state index contributed by atoms with van der Waals surface area (Å²) < 4.78 is 5.65. The van der Waals surface area contributed by atoms with E-state index in [-0.39, 0.29) is 0 Å². The second kappa shape index (κ2) is 8.68. The number of nitrogens with one attached hydrogen (secondary N) is 1. The number of hydrogen-bond acceptors (Lipinski definition) is 3. The van der Waals surface area contributed by atoms with Gasteiger partial charge in [0.25, 0.3) is 0 Å². The highest BCUT2D eigenvalue weighted by Gasteiger charge is 2.03. The van der Waals surface area contributed by atoms with Crippen molar-refractivity contribution in [1.29, 1.82) is 0 Å². The Morgan fingerprint density at radius 1 is 1.39 bits per heavy atom. The van der Waals surface area contributed by atoms with Crippen LogP contribution in [0, 0.1) is 0 Å². The maximum absolute atomic E-state index is 6.20. The van der Waals surface area contributed by atoms with Gasteiger partial charge >= 0.3 is 0 Å². The molecule has 1 N–H and O–H groups in total. The monoisotopic (exact) mass is 287 g/mol. The van der Waals surface area contributed by atoms with Crippen molar-refractivity contribution in [2.45, 2.75) is 32.9 Å². The third-order valence-corrected chi connectivity index (χ3v) is 3.45. The molecule has 0 radical (unpaired) electrons. The molecule has 0 aliphatic rings. The van der Waals surface area contributed by atoms with Crippen LogP contribution in [0.3, 0.4) is 0 Å². The number of rotatable bonds is 8. The van der Waals surface area contributed by atoms with Crippen molar-refractivity contribution in [3.05, 3.63) is 28.8 Å². The van der Waals surface area contributed by atoms with Crippen LogP contribution in [0.5, 0.6) is 5.75 Å². The van der Waals surface area contributed by atoms with E-state index in [0.717, 1.165) is 31.1 Å². The molecule has 1 rings (SSSR count). The van der Waals surface area contributed by atoms with Gasteiger partial charge in [0.1, 0.15) is 5.75 Å². The average Bonchev–Trinajstić information content (AvgIpc) is 2.34.